The van der Waals surface area contributed by atoms with Crippen LogP contribution in [0.15, 0.2) is 66.7 Å². The van der Waals surface area contributed by atoms with Gasteiger partial charge in [-0.1, -0.05) is 18.2 Å². The molecule has 204 valence electrons. The Hall–Kier alpha value is -3.43. The summed E-state index contributed by atoms with van der Waals surface area (Å²) < 4.78 is 64.4. The molecule has 0 bridgehead atoms. The first-order valence-electron chi connectivity index (χ1n) is 12.7. The predicted molar refractivity (Wildman–Crippen MR) is 144 cm³/mol. The number of halogens is 4. The van der Waals surface area contributed by atoms with E-state index in [2.05, 4.69) is 4.90 Å². The maximum absolute atomic E-state index is 13.4. The number of ketones is 1. The average Bonchev–Trinajstić information content (AvgIpc) is 3.24. The Kier molecular flexibility index (Phi) is 7.91. The summed E-state index contributed by atoms with van der Waals surface area (Å²) in [5.41, 5.74) is 0.357. The molecule has 1 aliphatic heterocycles. The van der Waals surface area contributed by atoms with Crippen molar-refractivity contribution in [2.24, 2.45) is 5.92 Å². The van der Waals surface area contributed by atoms with Gasteiger partial charge < -0.3 is 14.4 Å². The summed E-state index contributed by atoms with van der Waals surface area (Å²) in [5.74, 6) is 1.32. The maximum Gasteiger partial charge on any atom is 0.416 e. The highest BCUT2D eigenvalue weighted by Crippen LogP contribution is 2.42. The van der Waals surface area contributed by atoms with E-state index in [4.69, 9.17) is 9.47 Å². The minimum Gasteiger partial charge on any atom is -0.494 e. The lowest BCUT2D eigenvalue weighted by molar-refractivity contribution is -0.137. The second kappa shape index (κ2) is 11.4. The van der Waals surface area contributed by atoms with Crippen molar-refractivity contribution < 1.29 is 31.8 Å². The van der Waals surface area contributed by atoms with Crippen molar-refractivity contribution in [1.82, 2.24) is 4.90 Å². The fraction of sp³-hybridized carbons (Fsp3) is 0.300. The average molecular weight is 558 g/mol. The Bertz CT molecular complexity index is 1440. The zero-order valence-corrected chi connectivity index (χ0v) is 22.1. The second-order valence-corrected chi connectivity index (χ2v) is 10.8. The first-order chi connectivity index (χ1) is 18.7. The molecule has 39 heavy (non-hydrogen) atoms. The summed E-state index contributed by atoms with van der Waals surface area (Å²) in [6.45, 7) is 4.72. The van der Waals surface area contributed by atoms with Crippen LogP contribution in [0.3, 0.4) is 0 Å². The van der Waals surface area contributed by atoms with Crippen LogP contribution in [0.25, 0.3) is 10.1 Å². The van der Waals surface area contributed by atoms with Gasteiger partial charge in [0.05, 0.1) is 18.8 Å². The molecular formula is C30H27F4NO3S. The van der Waals surface area contributed by atoms with Gasteiger partial charge in [0.15, 0.2) is 5.75 Å². The van der Waals surface area contributed by atoms with E-state index in [0.717, 1.165) is 53.8 Å². The number of alkyl halides is 4. The van der Waals surface area contributed by atoms with E-state index in [1.165, 1.54) is 23.5 Å². The number of fused-ring (bicyclic) bond motifs is 1. The Labute approximate surface area is 227 Å². The van der Waals surface area contributed by atoms with Crippen molar-refractivity contribution >= 4 is 27.2 Å². The summed E-state index contributed by atoms with van der Waals surface area (Å²) in [7, 11) is 0. The fourth-order valence-corrected chi connectivity index (χ4v) is 5.72. The Balaban J connectivity index is 1.30. The van der Waals surface area contributed by atoms with Crippen LogP contribution >= 0.6 is 11.3 Å². The van der Waals surface area contributed by atoms with Crippen LogP contribution in [-0.4, -0.2) is 43.6 Å². The molecule has 4 nitrogen and oxygen atoms in total. The van der Waals surface area contributed by atoms with Crippen LogP contribution in [0.5, 0.6) is 17.2 Å². The number of benzene rings is 3. The van der Waals surface area contributed by atoms with E-state index in [-0.39, 0.29) is 18.2 Å². The fourth-order valence-electron chi connectivity index (χ4n) is 4.53. The van der Waals surface area contributed by atoms with E-state index in [9.17, 15) is 22.4 Å². The highest BCUT2D eigenvalue weighted by atomic mass is 32.1. The van der Waals surface area contributed by atoms with Gasteiger partial charge in [-0.05, 0) is 67.4 Å². The van der Waals surface area contributed by atoms with E-state index >= 15 is 0 Å². The molecule has 0 amide bonds. The Morgan fingerprint density at radius 2 is 1.69 bits per heavy atom. The van der Waals surface area contributed by atoms with Crippen LogP contribution in [0, 0.1) is 12.8 Å². The molecule has 0 radical (unpaired) electrons. The van der Waals surface area contributed by atoms with Gasteiger partial charge in [-0.3, -0.25) is 9.18 Å². The molecule has 5 rings (SSSR count). The van der Waals surface area contributed by atoms with Crippen molar-refractivity contribution in [3.8, 4) is 17.2 Å². The molecule has 0 atom stereocenters. The lowest BCUT2D eigenvalue weighted by Gasteiger charge is -2.37. The van der Waals surface area contributed by atoms with E-state index < -0.39 is 17.5 Å². The van der Waals surface area contributed by atoms with E-state index in [0.29, 0.717) is 28.7 Å². The molecule has 0 unspecified atom stereocenters. The Morgan fingerprint density at radius 1 is 1.00 bits per heavy atom. The molecular weight excluding hydrogens is 530 g/mol. The highest BCUT2D eigenvalue weighted by molar-refractivity contribution is 7.21. The number of aryl methyl sites for hydroxylation is 1. The van der Waals surface area contributed by atoms with Crippen molar-refractivity contribution in [3.63, 3.8) is 0 Å². The van der Waals surface area contributed by atoms with Gasteiger partial charge in [0.2, 0.25) is 5.78 Å². The molecule has 1 aliphatic rings. The van der Waals surface area contributed by atoms with Crippen molar-refractivity contribution in [2.75, 3.05) is 32.9 Å². The van der Waals surface area contributed by atoms with E-state index in [1.54, 1.807) is 24.3 Å². The third-order valence-corrected chi connectivity index (χ3v) is 7.80. The number of carbonyl (C=O) groups excluding carboxylic acids is 1. The van der Waals surface area contributed by atoms with Gasteiger partial charge in [-0.15, -0.1) is 11.3 Å². The summed E-state index contributed by atoms with van der Waals surface area (Å²) in [5, 5.41) is 0.752. The SMILES string of the molecule is Cc1ccc2c(Oc3ccc(OCCCN4CC(CF)C4)cc3)c(C(=O)c3ccc(C(F)(F)F)cc3)sc2c1. The number of carbonyl (C=O) groups is 1. The number of hydrogen-bond donors (Lipinski definition) is 0. The molecule has 0 spiro atoms. The maximum atomic E-state index is 13.4. The molecule has 1 saturated heterocycles. The molecule has 3 aromatic carbocycles. The lowest BCUT2D eigenvalue weighted by atomic mass is 10.0. The number of likely N-dealkylation sites (tertiary alicyclic amines) is 1. The standard InChI is InChI=1S/C30H27F4NO3S/c1-19-3-12-25-26(15-19)39-29(27(36)21-4-6-22(7-5-21)30(32,33)34)28(25)38-24-10-8-23(9-11-24)37-14-2-13-35-17-20(16-31)18-35/h3-12,15,20H,2,13-14,16-18H2,1H3. The van der Waals surface area contributed by atoms with Crippen LogP contribution in [0.1, 0.15) is 32.8 Å². The van der Waals surface area contributed by atoms with Gasteiger partial charge in [0.25, 0.3) is 0 Å². The lowest BCUT2D eigenvalue weighted by Crippen LogP contribution is -2.48. The normalized spacial score (nSPS) is 14.4. The second-order valence-electron chi connectivity index (χ2n) is 9.72. The zero-order valence-electron chi connectivity index (χ0n) is 21.3. The minimum absolute atomic E-state index is 0.151. The first kappa shape index (κ1) is 27.1. The summed E-state index contributed by atoms with van der Waals surface area (Å²) in [6, 6.07) is 17.0. The summed E-state index contributed by atoms with van der Waals surface area (Å²) >= 11 is 1.25. The largest absolute Gasteiger partial charge is 0.494 e. The zero-order chi connectivity index (χ0) is 27.6. The van der Waals surface area contributed by atoms with Crippen molar-refractivity contribution in [3.05, 3.63) is 88.3 Å². The van der Waals surface area contributed by atoms with E-state index in [1.807, 2.05) is 25.1 Å². The van der Waals surface area contributed by atoms with Crippen LogP contribution < -0.4 is 9.47 Å². The molecule has 1 fully saturated rings. The number of ether oxygens (including phenoxy) is 2. The summed E-state index contributed by atoms with van der Waals surface area (Å²) in [6.07, 6.45) is -3.64. The van der Waals surface area contributed by atoms with Gasteiger partial charge in [-0.25, -0.2) is 0 Å². The number of hydrogen-bond acceptors (Lipinski definition) is 5. The topological polar surface area (TPSA) is 38.8 Å². The number of thiophene rings is 1. The molecule has 4 aromatic rings. The predicted octanol–water partition coefficient (Wildman–Crippen LogP) is 7.92. The third-order valence-electron chi connectivity index (χ3n) is 6.66. The minimum atomic E-state index is -4.48. The van der Waals surface area contributed by atoms with Gasteiger partial charge in [0, 0.05) is 41.2 Å². The molecule has 0 saturated carbocycles. The van der Waals surface area contributed by atoms with Gasteiger partial charge in [-0.2, -0.15) is 13.2 Å². The third kappa shape index (κ3) is 6.25. The van der Waals surface area contributed by atoms with Gasteiger partial charge in [0.1, 0.15) is 16.4 Å². The number of rotatable bonds is 10. The summed E-state index contributed by atoms with van der Waals surface area (Å²) in [4.78, 5) is 15.9. The van der Waals surface area contributed by atoms with Crippen molar-refractivity contribution in [1.29, 1.82) is 0 Å². The van der Waals surface area contributed by atoms with Gasteiger partial charge >= 0.3 is 6.18 Å². The molecule has 0 N–H and O–H groups in total. The number of nitrogens with zero attached hydrogens (tertiary/aromatic N) is 1. The smallest absolute Gasteiger partial charge is 0.416 e. The monoisotopic (exact) mass is 557 g/mol. The van der Waals surface area contributed by atoms with Crippen LogP contribution in [0.4, 0.5) is 17.6 Å². The quantitative estimate of drug-likeness (QED) is 0.113. The molecule has 0 aliphatic carbocycles. The highest BCUT2D eigenvalue weighted by Gasteiger charge is 2.31. The molecule has 9 heteroatoms. The molecule has 2 heterocycles. The molecule has 1 aromatic heterocycles. The van der Waals surface area contributed by atoms with Crippen LogP contribution in [-0.2, 0) is 6.18 Å². The van der Waals surface area contributed by atoms with Crippen molar-refractivity contribution in [2.45, 2.75) is 19.5 Å². The van der Waals surface area contributed by atoms with Crippen LogP contribution in [0.2, 0.25) is 0 Å². The Morgan fingerprint density at radius 3 is 2.36 bits per heavy atom. The first-order valence-corrected chi connectivity index (χ1v) is 13.5.